The number of fused-ring (bicyclic) bond motifs is 2. The summed E-state index contributed by atoms with van der Waals surface area (Å²) in [5.41, 5.74) is 2.88. The molecule has 5 rings (SSSR count). The Balaban J connectivity index is 2.00. The van der Waals surface area contributed by atoms with Gasteiger partial charge in [-0.3, -0.25) is 0 Å². The van der Waals surface area contributed by atoms with E-state index < -0.39 is 0 Å². The largest absolute Gasteiger partial charge is 0.152 e. The molecule has 0 aliphatic heterocycles. The Hall–Kier alpha value is -1.33. The summed E-state index contributed by atoms with van der Waals surface area (Å²) in [7, 11) is 4.40. The van der Waals surface area contributed by atoms with Crippen LogP contribution in [0.4, 0.5) is 0 Å². The molecular weight excluding hydrogens is 390 g/mol. The predicted octanol–water partition coefficient (Wildman–Crippen LogP) is 4.71. The summed E-state index contributed by atoms with van der Waals surface area (Å²) in [6.07, 6.45) is 0. The molecule has 26 heavy (non-hydrogen) atoms. The predicted molar refractivity (Wildman–Crippen MR) is 130 cm³/mol. The molecule has 0 radical (unpaired) electrons. The van der Waals surface area contributed by atoms with Crippen molar-refractivity contribution in [2.45, 2.75) is 13.8 Å². The summed E-state index contributed by atoms with van der Waals surface area (Å²) in [5, 5.41) is 2.84. The fourth-order valence-corrected chi connectivity index (χ4v) is 7.82. The molecule has 0 amide bonds. The van der Waals surface area contributed by atoms with Crippen molar-refractivity contribution in [2.24, 2.45) is 0 Å². The maximum absolute atomic E-state index is 2.39. The van der Waals surface area contributed by atoms with Gasteiger partial charge in [-0.2, -0.15) is 22.7 Å². The van der Waals surface area contributed by atoms with Crippen LogP contribution in [0.5, 0.6) is 0 Å². The van der Waals surface area contributed by atoms with Crippen LogP contribution in [0.1, 0.15) is 9.75 Å². The quantitative estimate of drug-likeness (QED) is 0.373. The van der Waals surface area contributed by atoms with Gasteiger partial charge in [0.05, 0.1) is 0 Å². The van der Waals surface area contributed by atoms with E-state index in [2.05, 4.69) is 65.9 Å². The first-order valence-electron chi connectivity index (χ1n) is 8.61. The van der Waals surface area contributed by atoms with Crippen molar-refractivity contribution in [1.29, 1.82) is 0 Å². The fourth-order valence-electron chi connectivity index (χ4n) is 3.64. The van der Waals surface area contributed by atoms with Crippen molar-refractivity contribution in [1.82, 2.24) is 0 Å². The first kappa shape index (κ1) is 16.8. The minimum atomic E-state index is 1.37. The molecule has 0 spiro atoms. The van der Waals surface area contributed by atoms with Gasteiger partial charge in [-0.25, -0.2) is 0 Å². The van der Waals surface area contributed by atoms with E-state index in [1.54, 1.807) is 0 Å². The first-order valence-corrected chi connectivity index (χ1v) is 11.9. The highest BCUT2D eigenvalue weighted by Crippen LogP contribution is 2.50. The Morgan fingerprint density at radius 3 is 1.38 bits per heavy atom. The van der Waals surface area contributed by atoms with Crippen LogP contribution in [0.25, 0.3) is 41.1 Å². The second-order valence-corrected chi connectivity index (χ2v) is 11.9. The second kappa shape index (κ2) is 6.10. The maximum Gasteiger partial charge on any atom is 0.152 e. The van der Waals surface area contributed by atoms with Crippen LogP contribution >= 0.6 is 45.3 Å². The zero-order chi connectivity index (χ0) is 18.0. The van der Waals surface area contributed by atoms with Crippen molar-refractivity contribution >= 4 is 90.8 Å². The lowest BCUT2D eigenvalue weighted by Gasteiger charge is -2.09. The fraction of sp³-hybridized carbons (Fsp3) is 0.100. The molecule has 0 unspecified atom stereocenters. The van der Waals surface area contributed by atoms with Crippen LogP contribution in [0.15, 0.2) is 36.4 Å². The molecule has 0 bridgehead atoms. The Kier molecular flexibility index (Phi) is 3.94. The molecule has 0 fully saturated rings. The Morgan fingerprint density at radius 2 is 1.04 bits per heavy atom. The lowest BCUT2D eigenvalue weighted by atomic mass is 9.99. The third kappa shape index (κ3) is 2.55. The third-order valence-corrected chi connectivity index (χ3v) is 8.85. The van der Waals surface area contributed by atoms with Gasteiger partial charge in [0.25, 0.3) is 0 Å². The first-order chi connectivity index (χ1) is 12.5. The zero-order valence-electron chi connectivity index (χ0n) is 15.1. The van der Waals surface area contributed by atoms with Crippen LogP contribution in [0.2, 0.25) is 0 Å². The van der Waals surface area contributed by atoms with E-state index >= 15 is 0 Å². The maximum atomic E-state index is 2.39. The molecule has 0 nitrogen and oxygen atoms in total. The standard InChI is InChI=1S/C20H16B2S4/c1-9-7-11-17(13-3-5-15(21)25-13)20-12(8-10(2)24-20)18(19(11)23-9)14-4-6-16(22)26-14/h3-8H,21-22H2,1-2H3. The van der Waals surface area contributed by atoms with Crippen LogP contribution in [-0.4, -0.2) is 15.7 Å². The molecule has 0 N–H and O–H groups in total. The summed E-state index contributed by atoms with van der Waals surface area (Å²) in [6, 6.07) is 13.9. The van der Waals surface area contributed by atoms with Crippen molar-refractivity contribution in [3.05, 3.63) is 46.2 Å². The monoisotopic (exact) mass is 406 g/mol. The molecule has 0 atom stereocenters. The Morgan fingerprint density at radius 1 is 0.615 bits per heavy atom. The highest BCUT2D eigenvalue weighted by molar-refractivity contribution is 7.26. The highest BCUT2D eigenvalue weighted by atomic mass is 32.1. The number of aryl methyl sites for hydroxylation is 2. The molecular formula is C20H16B2S4. The average molecular weight is 406 g/mol. The number of thiophene rings is 4. The van der Waals surface area contributed by atoms with Crippen molar-refractivity contribution in [2.75, 3.05) is 0 Å². The van der Waals surface area contributed by atoms with E-state index in [1.807, 2.05) is 45.3 Å². The Bertz CT molecular complexity index is 1130. The minimum absolute atomic E-state index is 1.37. The van der Waals surface area contributed by atoms with Gasteiger partial charge in [-0.1, -0.05) is 12.1 Å². The van der Waals surface area contributed by atoms with E-state index in [0.717, 1.165) is 0 Å². The van der Waals surface area contributed by atoms with E-state index in [-0.39, 0.29) is 0 Å². The molecule has 0 saturated carbocycles. The molecule has 0 aliphatic carbocycles. The zero-order valence-corrected chi connectivity index (χ0v) is 18.4. The normalized spacial score (nSPS) is 11.8. The molecule has 126 valence electrons. The lowest BCUT2D eigenvalue weighted by molar-refractivity contribution is 1.66. The van der Waals surface area contributed by atoms with Crippen LogP contribution in [0.3, 0.4) is 0 Å². The molecule has 4 heterocycles. The molecule has 1 aromatic carbocycles. The van der Waals surface area contributed by atoms with Gasteiger partial charge in [-0.05, 0) is 47.7 Å². The summed E-state index contributed by atoms with van der Waals surface area (Å²) in [5.74, 6) is 0. The summed E-state index contributed by atoms with van der Waals surface area (Å²) < 4.78 is 5.63. The van der Waals surface area contributed by atoms with Crippen molar-refractivity contribution in [3.8, 4) is 20.9 Å². The van der Waals surface area contributed by atoms with E-state index in [0.29, 0.717) is 0 Å². The lowest BCUT2D eigenvalue weighted by Crippen LogP contribution is -1.89. The summed E-state index contributed by atoms with van der Waals surface area (Å²) in [4.78, 5) is 5.56. The SMILES string of the molecule is Bc1ccc(-c2c3cc(C)sc3c(-c3ccc(B)s3)c3cc(C)sc23)s1. The summed E-state index contributed by atoms with van der Waals surface area (Å²) in [6.45, 7) is 4.47. The van der Waals surface area contributed by atoms with Gasteiger partial charge in [0.1, 0.15) is 0 Å². The third-order valence-electron chi connectivity index (χ3n) is 4.68. The number of hydrogen-bond acceptors (Lipinski definition) is 4. The average Bonchev–Trinajstić information content (AvgIpc) is 3.33. The van der Waals surface area contributed by atoms with Gasteiger partial charge in [0.15, 0.2) is 15.7 Å². The van der Waals surface area contributed by atoms with Gasteiger partial charge in [-0.15, -0.1) is 22.7 Å². The molecule has 5 aromatic rings. The smallest absolute Gasteiger partial charge is 0.151 e. The highest BCUT2D eigenvalue weighted by Gasteiger charge is 2.21. The van der Waals surface area contributed by atoms with E-state index in [1.165, 1.54) is 60.4 Å². The van der Waals surface area contributed by atoms with Crippen LogP contribution in [0, 0.1) is 13.8 Å². The van der Waals surface area contributed by atoms with E-state index in [4.69, 9.17) is 0 Å². The molecule has 4 aromatic heterocycles. The molecule has 6 heteroatoms. The number of hydrogen-bond donors (Lipinski definition) is 0. The summed E-state index contributed by atoms with van der Waals surface area (Å²) >= 11 is 7.69. The van der Waals surface area contributed by atoms with Crippen molar-refractivity contribution in [3.63, 3.8) is 0 Å². The number of benzene rings is 1. The second-order valence-electron chi connectivity index (χ2n) is 6.77. The molecule has 0 aliphatic rings. The number of rotatable bonds is 2. The van der Waals surface area contributed by atoms with Crippen molar-refractivity contribution < 1.29 is 0 Å². The minimum Gasteiger partial charge on any atom is -0.151 e. The Labute approximate surface area is 171 Å². The van der Waals surface area contributed by atoms with Gasteiger partial charge >= 0.3 is 0 Å². The topological polar surface area (TPSA) is 0 Å². The van der Waals surface area contributed by atoms with Gasteiger partial charge in [0.2, 0.25) is 0 Å². The molecule has 0 saturated heterocycles. The van der Waals surface area contributed by atoms with Crippen LogP contribution < -0.4 is 9.55 Å². The van der Waals surface area contributed by atoms with Crippen LogP contribution in [-0.2, 0) is 0 Å². The van der Waals surface area contributed by atoms with Gasteiger partial charge in [0, 0.05) is 50.8 Å². The van der Waals surface area contributed by atoms with Gasteiger partial charge < -0.3 is 0 Å². The van der Waals surface area contributed by atoms with E-state index in [9.17, 15) is 0 Å².